The molecule has 0 aromatic carbocycles. The molecule has 1 heteroatoms. The van der Waals surface area contributed by atoms with E-state index in [1.807, 2.05) is 0 Å². The van der Waals surface area contributed by atoms with E-state index in [-0.39, 0.29) is 0 Å². The van der Waals surface area contributed by atoms with Gasteiger partial charge >= 0.3 is 0 Å². The highest BCUT2D eigenvalue weighted by Crippen LogP contribution is 2.35. The molecule has 102 valence electrons. The summed E-state index contributed by atoms with van der Waals surface area (Å²) in [6.07, 6.45) is 9.66. The Kier molecular flexibility index (Phi) is 5.99. The third-order valence-corrected chi connectivity index (χ3v) is 4.14. The maximum Gasteiger partial charge on any atom is 0.00746 e. The first-order valence-electron chi connectivity index (χ1n) is 7.65. The number of hydrogen-bond acceptors (Lipinski definition) is 1. The molecular weight excluding hydrogens is 206 g/mol. The van der Waals surface area contributed by atoms with Crippen LogP contribution in [0.5, 0.6) is 0 Å². The third-order valence-electron chi connectivity index (χ3n) is 4.14. The van der Waals surface area contributed by atoms with Crippen molar-refractivity contribution >= 4 is 0 Å². The molecule has 0 bridgehead atoms. The summed E-state index contributed by atoms with van der Waals surface area (Å²) in [6, 6.07) is 1.47. The summed E-state index contributed by atoms with van der Waals surface area (Å²) in [5, 5.41) is 3.85. The van der Waals surface area contributed by atoms with Crippen LogP contribution >= 0.6 is 0 Å². The van der Waals surface area contributed by atoms with Gasteiger partial charge in [0.2, 0.25) is 0 Å². The molecule has 0 spiro atoms. The molecule has 1 rings (SSSR count). The lowest BCUT2D eigenvalue weighted by Crippen LogP contribution is -2.41. The van der Waals surface area contributed by atoms with Crippen LogP contribution in [0.2, 0.25) is 0 Å². The minimum atomic E-state index is 0.563. The molecule has 0 saturated heterocycles. The minimum Gasteiger partial charge on any atom is -0.311 e. The Bertz CT molecular complexity index is 208. The highest BCUT2D eigenvalue weighted by atomic mass is 14.9. The molecule has 0 aromatic heterocycles. The molecule has 1 fully saturated rings. The van der Waals surface area contributed by atoms with E-state index in [1.165, 1.54) is 44.9 Å². The largest absolute Gasteiger partial charge is 0.311 e. The SMILES string of the molecule is CC(C)CCCC(C)NC1CCCC(C)(C)C1. The maximum absolute atomic E-state index is 3.85. The predicted octanol–water partition coefficient (Wildman–Crippen LogP) is 4.76. The molecule has 1 nitrogen and oxygen atoms in total. The van der Waals surface area contributed by atoms with Crippen molar-refractivity contribution in [2.75, 3.05) is 0 Å². The van der Waals surface area contributed by atoms with E-state index in [0.29, 0.717) is 11.5 Å². The Morgan fingerprint density at radius 2 is 1.88 bits per heavy atom. The number of nitrogens with one attached hydrogen (secondary N) is 1. The van der Waals surface area contributed by atoms with Crippen LogP contribution in [0.15, 0.2) is 0 Å². The Labute approximate surface area is 109 Å². The Morgan fingerprint density at radius 1 is 1.18 bits per heavy atom. The summed E-state index contributed by atoms with van der Waals surface area (Å²) in [6.45, 7) is 11.8. The molecule has 17 heavy (non-hydrogen) atoms. The van der Waals surface area contributed by atoms with Crippen LogP contribution in [-0.4, -0.2) is 12.1 Å². The standard InChI is InChI=1S/C16H33N/c1-13(2)8-6-9-14(3)17-15-10-7-11-16(4,5)12-15/h13-15,17H,6-12H2,1-5H3. The lowest BCUT2D eigenvalue weighted by atomic mass is 9.75. The Morgan fingerprint density at radius 3 is 2.47 bits per heavy atom. The van der Waals surface area contributed by atoms with Crippen molar-refractivity contribution in [2.45, 2.75) is 91.6 Å². The van der Waals surface area contributed by atoms with Crippen LogP contribution in [0.3, 0.4) is 0 Å². The van der Waals surface area contributed by atoms with Crippen molar-refractivity contribution in [1.29, 1.82) is 0 Å². The van der Waals surface area contributed by atoms with Gasteiger partial charge in [0, 0.05) is 12.1 Å². The summed E-state index contributed by atoms with van der Waals surface area (Å²) < 4.78 is 0. The van der Waals surface area contributed by atoms with E-state index < -0.39 is 0 Å². The fourth-order valence-corrected chi connectivity index (χ4v) is 3.16. The van der Waals surface area contributed by atoms with E-state index in [9.17, 15) is 0 Å². The van der Waals surface area contributed by atoms with Crippen molar-refractivity contribution < 1.29 is 0 Å². The van der Waals surface area contributed by atoms with Gasteiger partial charge in [0.1, 0.15) is 0 Å². The maximum atomic E-state index is 3.85. The molecule has 0 heterocycles. The highest BCUT2D eigenvalue weighted by Gasteiger charge is 2.28. The first-order chi connectivity index (χ1) is 7.89. The number of rotatable bonds is 6. The second kappa shape index (κ2) is 6.78. The quantitative estimate of drug-likeness (QED) is 0.704. The van der Waals surface area contributed by atoms with Gasteiger partial charge in [0.25, 0.3) is 0 Å². The van der Waals surface area contributed by atoms with E-state index in [1.54, 1.807) is 0 Å². The molecule has 0 radical (unpaired) electrons. The zero-order valence-corrected chi connectivity index (χ0v) is 12.7. The van der Waals surface area contributed by atoms with E-state index in [2.05, 4.69) is 39.9 Å². The highest BCUT2D eigenvalue weighted by molar-refractivity contribution is 4.84. The van der Waals surface area contributed by atoms with Gasteiger partial charge in [0.15, 0.2) is 0 Å². The molecule has 2 atom stereocenters. The topological polar surface area (TPSA) is 12.0 Å². The van der Waals surface area contributed by atoms with Gasteiger partial charge in [-0.25, -0.2) is 0 Å². The smallest absolute Gasteiger partial charge is 0.00746 e. The third kappa shape index (κ3) is 6.45. The second-order valence-corrected chi connectivity index (χ2v) is 7.35. The predicted molar refractivity (Wildman–Crippen MR) is 77.3 cm³/mol. The first-order valence-corrected chi connectivity index (χ1v) is 7.65. The van der Waals surface area contributed by atoms with E-state index in [4.69, 9.17) is 0 Å². The van der Waals surface area contributed by atoms with E-state index in [0.717, 1.165) is 12.0 Å². The fraction of sp³-hybridized carbons (Fsp3) is 1.00. The summed E-state index contributed by atoms with van der Waals surface area (Å²) >= 11 is 0. The monoisotopic (exact) mass is 239 g/mol. The zero-order valence-electron chi connectivity index (χ0n) is 12.7. The summed E-state index contributed by atoms with van der Waals surface area (Å²) in [4.78, 5) is 0. The lowest BCUT2D eigenvalue weighted by molar-refractivity contribution is 0.188. The van der Waals surface area contributed by atoms with Gasteiger partial charge in [-0.1, -0.05) is 47.0 Å². The van der Waals surface area contributed by atoms with Crippen molar-refractivity contribution in [3.63, 3.8) is 0 Å². The molecule has 2 unspecified atom stereocenters. The second-order valence-electron chi connectivity index (χ2n) is 7.35. The molecular formula is C16H33N. The molecule has 1 saturated carbocycles. The van der Waals surface area contributed by atoms with Gasteiger partial charge in [-0.15, -0.1) is 0 Å². The summed E-state index contributed by atoms with van der Waals surface area (Å²) in [7, 11) is 0. The lowest BCUT2D eigenvalue weighted by Gasteiger charge is -2.37. The molecule has 1 aliphatic carbocycles. The van der Waals surface area contributed by atoms with Crippen LogP contribution < -0.4 is 5.32 Å². The molecule has 0 aromatic rings. The average molecular weight is 239 g/mol. The van der Waals surface area contributed by atoms with Crippen LogP contribution in [0.25, 0.3) is 0 Å². The Balaban J connectivity index is 2.19. The van der Waals surface area contributed by atoms with Gasteiger partial charge < -0.3 is 5.32 Å². The van der Waals surface area contributed by atoms with Crippen molar-refractivity contribution in [3.8, 4) is 0 Å². The van der Waals surface area contributed by atoms with Gasteiger partial charge in [-0.3, -0.25) is 0 Å². The molecule has 1 aliphatic rings. The molecule has 0 amide bonds. The normalized spacial score (nSPS) is 26.1. The van der Waals surface area contributed by atoms with Gasteiger partial charge in [-0.05, 0) is 43.9 Å². The van der Waals surface area contributed by atoms with Crippen LogP contribution in [-0.2, 0) is 0 Å². The van der Waals surface area contributed by atoms with Crippen molar-refractivity contribution in [2.24, 2.45) is 11.3 Å². The van der Waals surface area contributed by atoms with Crippen LogP contribution in [0.4, 0.5) is 0 Å². The average Bonchev–Trinajstić information content (AvgIpc) is 2.14. The minimum absolute atomic E-state index is 0.563. The first kappa shape index (κ1) is 15.0. The molecule has 1 N–H and O–H groups in total. The molecule has 0 aliphatic heterocycles. The van der Waals surface area contributed by atoms with Gasteiger partial charge in [-0.2, -0.15) is 0 Å². The zero-order chi connectivity index (χ0) is 12.9. The van der Waals surface area contributed by atoms with Crippen molar-refractivity contribution in [1.82, 2.24) is 5.32 Å². The van der Waals surface area contributed by atoms with E-state index >= 15 is 0 Å². The van der Waals surface area contributed by atoms with Crippen molar-refractivity contribution in [3.05, 3.63) is 0 Å². The number of hydrogen-bond donors (Lipinski definition) is 1. The summed E-state index contributed by atoms with van der Waals surface area (Å²) in [5.41, 5.74) is 0.563. The summed E-state index contributed by atoms with van der Waals surface area (Å²) in [5.74, 6) is 0.857. The fourth-order valence-electron chi connectivity index (χ4n) is 3.16. The van der Waals surface area contributed by atoms with Gasteiger partial charge in [0.05, 0.1) is 0 Å². The Hall–Kier alpha value is -0.0400. The van der Waals surface area contributed by atoms with Crippen LogP contribution in [0, 0.1) is 11.3 Å². The van der Waals surface area contributed by atoms with Crippen LogP contribution in [0.1, 0.15) is 79.6 Å².